The summed E-state index contributed by atoms with van der Waals surface area (Å²) in [7, 11) is 1.58. The number of benzene rings is 1. The lowest BCUT2D eigenvalue weighted by Gasteiger charge is -2.16. The van der Waals surface area contributed by atoms with Crippen molar-refractivity contribution in [1.82, 2.24) is 5.32 Å². The summed E-state index contributed by atoms with van der Waals surface area (Å²) < 4.78 is 5.71. The quantitative estimate of drug-likeness (QED) is 0.783. The highest BCUT2D eigenvalue weighted by Crippen LogP contribution is 2.21. The molecule has 0 aromatic heterocycles. The number of hydrogen-bond donors (Lipinski definition) is 2. The van der Waals surface area contributed by atoms with E-state index in [0.717, 1.165) is 4.47 Å². The van der Waals surface area contributed by atoms with Gasteiger partial charge < -0.3 is 15.4 Å². The summed E-state index contributed by atoms with van der Waals surface area (Å²) in [6.45, 7) is 2.67. The van der Waals surface area contributed by atoms with Gasteiger partial charge in [-0.05, 0) is 25.1 Å². The van der Waals surface area contributed by atoms with Gasteiger partial charge in [0.15, 0.2) is 0 Å². The third-order valence-electron chi connectivity index (χ3n) is 2.47. The van der Waals surface area contributed by atoms with Crippen LogP contribution in [0, 0.1) is 11.3 Å². The Bertz CT molecular complexity index is 485. The van der Waals surface area contributed by atoms with Crippen molar-refractivity contribution in [2.45, 2.75) is 13.0 Å². The number of amides is 1. The van der Waals surface area contributed by atoms with E-state index < -0.39 is 6.04 Å². The second-order valence-corrected chi connectivity index (χ2v) is 4.87. The van der Waals surface area contributed by atoms with Crippen LogP contribution in [0.1, 0.15) is 12.5 Å². The van der Waals surface area contributed by atoms with Gasteiger partial charge in [0.1, 0.15) is 12.1 Å². The van der Waals surface area contributed by atoms with Crippen LogP contribution >= 0.6 is 15.9 Å². The molecule has 0 saturated heterocycles. The van der Waals surface area contributed by atoms with E-state index in [4.69, 9.17) is 10.00 Å². The number of hydrogen-bond acceptors (Lipinski definition) is 4. The van der Waals surface area contributed by atoms with Crippen molar-refractivity contribution >= 4 is 27.5 Å². The van der Waals surface area contributed by atoms with Gasteiger partial charge in [0.2, 0.25) is 5.91 Å². The maximum Gasteiger partial charge on any atom is 0.242 e. The van der Waals surface area contributed by atoms with Crippen LogP contribution in [0.3, 0.4) is 0 Å². The smallest absolute Gasteiger partial charge is 0.242 e. The van der Waals surface area contributed by atoms with Crippen molar-refractivity contribution in [3.8, 4) is 6.07 Å². The zero-order valence-corrected chi connectivity index (χ0v) is 12.5. The minimum absolute atomic E-state index is 0.138. The first-order valence-corrected chi connectivity index (χ1v) is 6.60. The predicted molar refractivity (Wildman–Crippen MR) is 76.8 cm³/mol. The average Bonchev–Trinajstić information content (AvgIpc) is 2.39. The summed E-state index contributed by atoms with van der Waals surface area (Å²) in [6.07, 6.45) is 0. The second-order valence-electron chi connectivity index (χ2n) is 3.95. The molecule has 1 aromatic rings. The van der Waals surface area contributed by atoms with Crippen molar-refractivity contribution < 1.29 is 9.53 Å². The molecule has 0 bridgehead atoms. The van der Waals surface area contributed by atoms with E-state index in [9.17, 15) is 4.79 Å². The molecule has 0 aliphatic heterocycles. The molecule has 1 aromatic carbocycles. The first kappa shape index (κ1) is 15.5. The molecular weight excluding hydrogens is 310 g/mol. The Morgan fingerprint density at radius 2 is 2.32 bits per heavy atom. The van der Waals surface area contributed by atoms with Gasteiger partial charge in [-0.25, -0.2) is 0 Å². The monoisotopic (exact) mass is 325 g/mol. The van der Waals surface area contributed by atoms with Crippen molar-refractivity contribution in [2.75, 3.05) is 25.6 Å². The van der Waals surface area contributed by atoms with E-state index in [1.54, 1.807) is 32.2 Å². The van der Waals surface area contributed by atoms with Crippen LogP contribution < -0.4 is 10.6 Å². The van der Waals surface area contributed by atoms with Crippen molar-refractivity contribution in [1.29, 1.82) is 5.26 Å². The molecule has 0 radical (unpaired) electrons. The van der Waals surface area contributed by atoms with Gasteiger partial charge in [-0.15, -0.1) is 0 Å². The lowest BCUT2D eigenvalue weighted by molar-refractivity contribution is -0.121. The molecule has 0 heterocycles. The molecule has 0 aliphatic rings. The Labute approximate surface area is 121 Å². The van der Waals surface area contributed by atoms with Gasteiger partial charge in [0, 0.05) is 18.1 Å². The van der Waals surface area contributed by atoms with Gasteiger partial charge in [-0.2, -0.15) is 5.26 Å². The summed E-state index contributed by atoms with van der Waals surface area (Å²) in [5, 5.41) is 14.8. The summed E-state index contributed by atoms with van der Waals surface area (Å²) in [6, 6.07) is 6.91. The van der Waals surface area contributed by atoms with Crippen LogP contribution in [0.2, 0.25) is 0 Å². The normalized spacial score (nSPS) is 11.5. The van der Waals surface area contributed by atoms with Crippen LogP contribution in [-0.2, 0) is 9.53 Å². The molecule has 6 heteroatoms. The number of nitrogens with zero attached hydrogens (tertiary/aromatic N) is 1. The van der Waals surface area contributed by atoms with Crippen LogP contribution in [0.15, 0.2) is 22.7 Å². The highest BCUT2D eigenvalue weighted by Gasteiger charge is 2.13. The maximum absolute atomic E-state index is 11.8. The Kier molecular flexibility index (Phi) is 6.33. The molecule has 0 spiro atoms. The Morgan fingerprint density at radius 1 is 1.58 bits per heavy atom. The lowest BCUT2D eigenvalue weighted by Crippen LogP contribution is -2.39. The van der Waals surface area contributed by atoms with Crippen LogP contribution in [0.4, 0.5) is 5.69 Å². The fourth-order valence-electron chi connectivity index (χ4n) is 1.46. The van der Waals surface area contributed by atoms with E-state index in [1.165, 1.54) is 0 Å². The van der Waals surface area contributed by atoms with Crippen LogP contribution in [-0.4, -0.2) is 32.2 Å². The fourth-order valence-corrected chi connectivity index (χ4v) is 1.82. The summed E-state index contributed by atoms with van der Waals surface area (Å²) >= 11 is 3.34. The standard InChI is InChI=1S/C13H16BrN3O2/c1-9(13(18)16-5-6-19-2)17-12-7-11(14)4-3-10(12)8-15/h3-4,7,9,17H,5-6H2,1-2H3,(H,16,18). The molecule has 1 atom stereocenters. The van der Waals surface area contributed by atoms with Gasteiger partial charge in [0.25, 0.3) is 0 Å². The fraction of sp³-hybridized carbons (Fsp3) is 0.385. The van der Waals surface area contributed by atoms with Gasteiger partial charge >= 0.3 is 0 Å². The van der Waals surface area contributed by atoms with Crippen molar-refractivity contribution in [3.63, 3.8) is 0 Å². The zero-order chi connectivity index (χ0) is 14.3. The molecule has 102 valence electrons. The highest BCUT2D eigenvalue weighted by atomic mass is 79.9. The maximum atomic E-state index is 11.8. The Morgan fingerprint density at radius 3 is 2.95 bits per heavy atom. The molecule has 5 nitrogen and oxygen atoms in total. The van der Waals surface area contributed by atoms with E-state index in [-0.39, 0.29) is 5.91 Å². The van der Waals surface area contributed by atoms with E-state index >= 15 is 0 Å². The van der Waals surface area contributed by atoms with Crippen molar-refractivity contribution in [2.24, 2.45) is 0 Å². The molecule has 0 saturated carbocycles. The topological polar surface area (TPSA) is 74.2 Å². The van der Waals surface area contributed by atoms with Gasteiger partial charge in [-0.1, -0.05) is 15.9 Å². The van der Waals surface area contributed by atoms with E-state index in [2.05, 4.69) is 32.6 Å². The Hall–Kier alpha value is -1.58. The number of rotatable bonds is 6. The minimum Gasteiger partial charge on any atom is -0.383 e. The first-order valence-electron chi connectivity index (χ1n) is 5.81. The number of ether oxygens (including phenoxy) is 1. The summed E-state index contributed by atoms with van der Waals surface area (Å²) in [5.41, 5.74) is 1.13. The second kappa shape index (κ2) is 7.77. The minimum atomic E-state index is -0.432. The molecule has 1 unspecified atom stereocenters. The molecule has 0 fully saturated rings. The van der Waals surface area contributed by atoms with Crippen LogP contribution in [0.5, 0.6) is 0 Å². The molecule has 1 rings (SSSR count). The molecule has 0 aliphatic carbocycles. The number of methoxy groups -OCH3 is 1. The predicted octanol–water partition coefficient (Wildman–Crippen LogP) is 1.88. The third kappa shape index (κ3) is 4.89. The lowest BCUT2D eigenvalue weighted by atomic mass is 10.1. The number of carbonyl (C=O) groups is 1. The number of anilines is 1. The number of nitriles is 1. The van der Waals surface area contributed by atoms with Gasteiger partial charge in [0.05, 0.1) is 17.9 Å². The van der Waals surface area contributed by atoms with Gasteiger partial charge in [-0.3, -0.25) is 4.79 Å². The number of nitrogens with one attached hydrogen (secondary N) is 2. The zero-order valence-electron chi connectivity index (χ0n) is 10.9. The number of halogens is 1. The SMILES string of the molecule is COCCNC(=O)C(C)Nc1cc(Br)ccc1C#N. The average molecular weight is 326 g/mol. The summed E-state index contributed by atoms with van der Waals surface area (Å²) in [5.74, 6) is -0.138. The highest BCUT2D eigenvalue weighted by molar-refractivity contribution is 9.10. The Balaban J connectivity index is 2.66. The molecule has 19 heavy (non-hydrogen) atoms. The summed E-state index contributed by atoms with van der Waals surface area (Å²) in [4.78, 5) is 11.8. The molecule has 2 N–H and O–H groups in total. The molecular formula is C13H16BrN3O2. The number of carbonyl (C=O) groups excluding carboxylic acids is 1. The largest absolute Gasteiger partial charge is 0.383 e. The van der Waals surface area contributed by atoms with Crippen LogP contribution in [0.25, 0.3) is 0 Å². The molecule has 1 amide bonds. The first-order chi connectivity index (χ1) is 9.08. The van der Waals surface area contributed by atoms with E-state index in [0.29, 0.717) is 24.4 Å². The van der Waals surface area contributed by atoms with Crippen molar-refractivity contribution in [3.05, 3.63) is 28.2 Å². The van der Waals surface area contributed by atoms with E-state index in [1.807, 2.05) is 0 Å². The third-order valence-corrected chi connectivity index (χ3v) is 2.97.